The van der Waals surface area contributed by atoms with Crippen molar-refractivity contribution in [2.75, 3.05) is 37.0 Å². The van der Waals surface area contributed by atoms with E-state index in [9.17, 15) is 8.42 Å². The molecule has 2 rings (SSSR count). The number of benzene rings is 1. The highest BCUT2D eigenvalue weighted by atomic mass is 32.2. The number of morpholine rings is 1. The SMILES string of the molecule is CCS(=O)(=O)c1ccc(N2CCOCC2CN)cc1. The monoisotopic (exact) mass is 284 g/mol. The third-order valence-corrected chi connectivity index (χ3v) is 5.16. The first-order valence-corrected chi connectivity index (χ1v) is 8.11. The molecule has 1 unspecified atom stereocenters. The average molecular weight is 284 g/mol. The minimum atomic E-state index is -3.13. The van der Waals surface area contributed by atoms with Crippen molar-refractivity contribution >= 4 is 15.5 Å². The molecule has 0 amide bonds. The maximum atomic E-state index is 11.8. The third-order valence-electron chi connectivity index (χ3n) is 3.41. The number of hydrogen-bond acceptors (Lipinski definition) is 5. The van der Waals surface area contributed by atoms with Gasteiger partial charge in [0.25, 0.3) is 0 Å². The lowest BCUT2D eigenvalue weighted by molar-refractivity contribution is 0.0963. The Bertz CT molecular complexity index is 513. The normalized spacial score (nSPS) is 20.5. The van der Waals surface area contributed by atoms with Gasteiger partial charge in [0.05, 0.1) is 29.9 Å². The van der Waals surface area contributed by atoms with Crippen LogP contribution in [0.4, 0.5) is 5.69 Å². The Balaban J connectivity index is 2.22. The van der Waals surface area contributed by atoms with E-state index in [4.69, 9.17) is 10.5 Å². The Morgan fingerprint density at radius 2 is 2.05 bits per heavy atom. The molecule has 0 aromatic heterocycles. The van der Waals surface area contributed by atoms with Gasteiger partial charge in [0.1, 0.15) is 0 Å². The molecule has 0 saturated carbocycles. The lowest BCUT2D eigenvalue weighted by Crippen LogP contribution is -2.49. The molecular weight excluding hydrogens is 264 g/mol. The van der Waals surface area contributed by atoms with Gasteiger partial charge in [0.15, 0.2) is 9.84 Å². The van der Waals surface area contributed by atoms with Gasteiger partial charge in [-0.25, -0.2) is 8.42 Å². The average Bonchev–Trinajstić information content (AvgIpc) is 2.47. The molecule has 106 valence electrons. The molecule has 19 heavy (non-hydrogen) atoms. The van der Waals surface area contributed by atoms with Crippen LogP contribution >= 0.6 is 0 Å². The molecule has 1 aliphatic rings. The summed E-state index contributed by atoms with van der Waals surface area (Å²) in [7, 11) is -3.13. The van der Waals surface area contributed by atoms with Crippen molar-refractivity contribution in [3.8, 4) is 0 Å². The van der Waals surface area contributed by atoms with Crippen LogP contribution in [0.15, 0.2) is 29.2 Å². The molecule has 1 aliphatic heterocycles. The zero-order valence-corrected chi connectivity index (χ0v) is 11.9. The second-order valence-corrected chi connectivity index (χ2v) is 6.83. The fraction of sp³-hybridized carbons (Fsp3) is 0.538. The lowest BCUT2D eigenvalue weighted by Gasteiger charge is -2.36. The number of nitrogens with two attached hydrogens (primary N) is 1. The van der Waals surface area contributed by atoms with Gasteiger partial charge in [-0.2, -0.15) is 0 Å². The predicted molar refractivity (Wildman–Crippen MR) is 75.2 cm³/mol. The van der Waals surface area contributed by atoms with Crippen LogP contribution in [0.5, 0.6) is 0 Å². The minimum Gasteiger partial charge on any atom is -0.377 e. The highest BCUT2D eigenvalue weighted by Gasteiger charge is 2.22. The van der Waals surface area contributed by atoms with E-state index in [0.29, 0.717) is 24.7 Å². The van der Waals surface area contributed by atoms with Crippen LogP contribution in [0.3, 0.4) is 0 Å². The van der Waals surface area contributed by atoms with Crippen molar-refractivity contribution in [1.29, 1.82) is 0 Å². The van der Waals surface area contributed by atoms with E-state index in [1.54, 1.807) is 19.1 Å². The van der Waals surface area contributed by atoms with Crippen molar-refractivity contribution in [3.63, 3.8) is 0 Å². The van der Waals surface area contributed by atoms with E-state index in [1.165, 1.54) is 0 Å². The molecule has 6 heteroatoms. The second kappa shape index (κ2) is 5.90. The van der Waals surface area contributed by atoms with Crippen molar-refractivity contribution in [3.05, 3.63) is 24.3 Å². The van der Waals surface area contributed by atoms with Crippen LogP contribution in [0.2, 0.25) is 0 Å². The fourth-order valence-electron chi connectivity index (χ4n) is 2.20. The van der Waals surface area contributed by atoms with Crippen LogP contribution < -0.4 is 10.6 Å². The molecule has 5 nitrogen and oxygen atoms in total. The van der Waals surface area contributed by atoms with Crippen LogP contribution in [0, 0.1) is 0 Å². The first-order chi connectivity index (χ1) is 9.08. The zero-order valence-electron chi connectivity index (χ0n) is 11.1. The van der Waals surface area contributed by atoms with Crippen molar-refractivity contribution in [1.82, 2.24) is 0 Å². The van der Waals surface area contributed by atoms with E-state index in [0.717, 1.165) is 12.2 Å². The van der Waals surface area contributed by atoms with Crippen molar-refractivity contribution in [2.24, 2.45) is 5.73 Å². The Morgan fingerprint density at radius 1 is 1.37 bits per heavy atom. The zero-order chi connectivity index (χ0) is 13.9. The number of hydrogen-bond donors (Lipinski definition) is 1. The molecular formula is C13H20N2O3S. The van der Waals surface area contributed by atoms with E-state index >= 15 is 0 Å². The van der Waals surface area contributed by atoms with E-state index in [-0.39, 0.29) is 11.8 Å². The molecule has 1 aromatic rings. The number of rotatable bonds is 4. The summed E-state index contributed by atoms with van der Waals surface area (Å²) >= 11 is 0. The van der Waals surface area contributed by atoms with Crippen molar-refractivity contribution < 1.29 is 13.2 Å². The summed E-state index contributed by atoms with van der Waals surface area (Å²) in [6.07, 6.45) is 0. The number of sulfone groups is 1. The minimum absolute atomic E-state index is 0.120. The van der Waals surface area contributed by atoms with Gasteiger partial charge < -0.3 is 15.4 Å². The van der Waals surface area contributed by atoms with E-state index in [2.05, 4.69) is 4.90 Å². The number of ether oxygens (including phenoxy) is 1. The molecule has 1 heterocycles. The molecule has 0 spiro atoms. The third kappa shape index (κ3) is 3.08. The standard InChI is InChI=1S/C13H20N2O3S/c1-2-19(16,17)13-5-3-11(4-6-13)15-7-8-18-10-12(15)9-14/h3-6,12H,2,7-10,14H2,1H3. The molecule has 2 N–H and O–H groups in total. The maximum Gasteiger partial charge on any atom is 0.178 e. The lowest BCUT2D eigenvalue weighted by atomic mass is 10.2. The molecule has 1 atom stereocenters. The highest BCUT2D eigenvalue weighted by molar-refractivity contribution is 7.91. The van der Waals surface area contributed by atoms with Crippen LogP contribution in [0.1, 0.15) is 6.92 Å². The molecule has 0 radical (unpaired) electrons. The van der Waals surface area contributed by atoms with E-state index in [1.807, 2.05) is 12.1 Å². The Morgan fingerprint density at radius 3 is 2.63 bits per heavy atom. The Kier molecular flexibility index (Phi) is 4.44. The van der Waals surface area contributed by atoms with Crippen molar-refractivity contribution in [2.45, 2.75) is 17.9 Å². The molecule has 1 saturated heterocycles. The van der Waals surface area contributed by atoms with Gasteiger partial charge in [-0.1, -0.05) is 6.92 Å². The smallest absolute Gasteiger partial charge is 0.178 e. The predicted octanol–water partition coefficient (Wildman–Crippen LogP) is 0.644. The summed E-state index contributed by atoms with van der Waals surface area (Å²) in [6.45, 7) is 4.24. The highest BCUT2D eigenvalue weighted by Crippen LogP contribution is 2.22. The van der Waals surface area contributed by atoms with Gasteiger partial charge in [0, 0.05) is 18.8 Å². The summed E-state index contributed by atoms with van der Waals surface area (Å²) in [6, 6.07) is 7.17. The molecule has 1 fully saturated rings. The molecule has 0 bridgehead atoms. The summed E-state index contributed by atoms with van der Waals surface area (Å²) < 4.78 is 28.9. The first kappa shape index (κ1) is 14.3. The molecule has 0 aliphatic carbocycles. The van der Waals surface area contributed by atoms with Gasteiger partial charge in [-0.3, -0.25) is 0 Å². The summed E-state index contributed by atoms with van der Waals surface area (Å²) in [4.78, 5) is 2.54. The van der Waals surface area contributed by atoms with Crippen LogP contribution in [-0.2, 0) is 14.6 Å². The summed E-state index contributed by atoms with van der Waals surface area (Å²) in [5.74, 6) is 0.120. The largest absolute Gasteiger partial charge is 0.377 e. The van der Waals surface area contributed by atoms with Gasteiger partial charge in [-0.15, -0.1) is 0 Å². The Hall–Kier alpha value is -1.11. The topological polar surface area (TPSA) is 72.6 Å². The maximum absolute atomic E-state index is 11.8. The number of nitrogens with zero attached hydrogens (tertiary/aromatic N) is 1. The second-order valence-electron chi connectivity index (χ2n) is 4.56. The summed E-state index contributed by atoms with van der Waals surface area (Å²) in [5.41, 5.74) is 6.73. The fourth-order valence-corrected chi connectivity index (χ4v) is 3.09. The van der Waals surface area contributed by atoms with Gasteiger partial charge >= 0.3 is 0 Å². The Labute approximate surface area is 114 Å². The van der Waals surface area contributed by atoms with Gasteiger partial charge in [-0.05, 0) is 24.3 Å². The van der Waals surface area contributed by atoms with Crippen LogP contribution in [-0.4, -0.2) is 46.5 Å². The van der Waals surface area contributed by atoms with Gasteiger partial charge in [0.2, 0.25) is 0 Å². The van der Waals surface area contributed by atoms with Crippen LogP contribution in [0.25, 0.3) is 0 Å². The molecule has 1 aromatic carbocycles. The summed E-state index contributed by atoms with van der Waals surface area (Å²) in [5, 5.41) is 0. The van der Waals surface area contributed by atoms with E-state index < -0.39 is 9.84 Å². The number of anilines is 1. The first-order valence-electron chi connectivity index (χ1n) is 6.45. The quantitative estimate of drug-likeness (QED) is 0.878.